The molecule has 0 radical (unpaired) electrons. The summed E-state index contributed by atoms with van der Waals surface area (Å²) in [5.41, 5.74) is 3.24. The van der Waals surface area contributed by atoms with Gasteiger partial charge in [0.15, 0.2) is 9.84 Å². The summed E-state index contributed by atoms with van der Waals surface area (Å²) in [5, 5.41) is 3.25. The summed E-state index contributed by atoms with van der Waals surface area (Å²) in [4.78, 5) is 0.428. The Kier molecular flexibility index (Phi) is 3.31. The van der Waals surface area contributed by atoms with Crippen LogP contribution >= 0.6 is 12.4 Å². The van der Waals surface area contributed by atoms with E-state index >= 15 is 0 Å². The third-order valence-electron chi connectivity index (χ3n) is 2.51. The maximum absolute atomic E-state index is 11.4. The quantitative estimate of drug-likeness (QED) is 0.823. The second-order valence-electron chi connectivity index (χ2n) is 3.72. The highest BCUT2D eigenvalue weighted by Gasteiger charge is 2.16. The Labute approximate surface area is 96.2 Å². The minimum absolute atomic E-state index is 0. The molecule has 0 aromatic heterocycles. The first-order valence-corrected chi connectivity index (χ1v) is 6.45. The summed E-state index contributed by atoms with van der Waals surface area (Å²) >= 11 is 0. The first-order chi connectivity index (χ1) is 6.48. The van der Waals surface area contributed by atoms with E-state index in [0.717, 1.165) is 29.8 Å². The molecule has 0 atom stereocenters. The summed E-state index contributed by atoms with van der Waals surface area (Å²) in [6.07, 6.45) is 2.16. The number of fused-ring (bicyclic) bond motifs is 1. The van der Waals surface area contributed by atoms with E-state index in [1.807, 2.05) is 6.92 Å². The molecule has 1 aromatic rings. The topological polar surface area (TPSA) is 46.2 Å². The average Bonchev–Trinajstić information content (AvgIpc) is 2.50. The molecule has 1 aliphatic heterocycles. The predicted molar refractivity (Wildman–Crippen MR) is 63.7 cm³/mol. The van der Waals surface area contributed by atoms with E-state index in [0.29, 0.717) is 4.90 Å². The SMILES string of the molecule is Cc1cc(S(C)(=O)=O)cc2c1NCC2.Cl. The fourth-order valence-corrected chi connectivity index (χ4v) is 2.56. The lowest BCUT2D eigenvalue weighted by atomic mass is 10.1. The Balaban J connectivity index is 0.00000112. The number of anilines is 1. The van der Waals surface area contributed by atoms with Gasteiger partial charge in [0.25, 0.3) is 0 Å². The van der Waals surface area contributed by atoms with Crippen molar-refractivity contribution < 1.29 is 8.42 Å². The van der Waals surface area contributed by atoms with E-state index in [2.05, 4.69) is 5.32 Å². The highest BCUT2D eigenvalue weighted by atomic mass is 35.5. The van der Waals surface area contributed by atoms with Crippen LogP contribution in [-0.4, -0.2) is 21.2 Å². The Morgan fingerprint density at radius 2 is 2.00 bits per heavy atom. The van der Waals surface area contributed by atoms with E-state index in [-0.39, 0.29) is 12.4 Å². The zero-order chi connectivity index (χ0) is 10.3. The van der Waals surface area contributed by atoms with Gasteiger partial charge in [0.1, 0.15) is 0 Å². The molecule has 0 bridgehead atoms. The van der Waals surface area contributed by atoms with E-state index in [1.165, 1.54) is 6.26 Å². The average molecular weight is 248 g/mol. The molecule has 3 nitrogen and oxygen atoms in total. The molecule has 0 saturated heterocycles. The van der Waals surface area contributed by atoms with Gasteiger partial charge in [0, 0.05) is 18.5 Å². The first kappa shape index (κ1) is 12.3. The van der Waals surface area contributed by atoms with Crippen LogP contribution in [0.25, 0.3) is 0 Å². The predicted octanol–water partition coefficient (Wildman–Crippen LogP) is 1.79. The van der Waals surface area contributed by atoms with Gasteiger partial charge < -0.3 is 5.32 Å². The van der Waals surface area contributed by atoms with Gasteiger partial charge in [0.05, 0.1) is 4.90 Å². The van der Waals surface area contributed by atoms with Crippen molar-refractivity contribution in [2.24, 2.45) is 0 Å². The van der Waals surface area contributed by atoms with E-state index in [9.17, 15) is 8.42 Å². The minimum Gasteiger partial charge on any atom is -0.384 e. The van der Waals surface area contributed by atoms with Crippen molar-refractivity contribution in [2.75, 3.05) is 18.1 Å². The Bertz CT molecular complexity index is 482. The van der Waals surface area contributed by atoms with Crippen LogP contribution in [0, 0.1) is 6.92 Å². The summed E-state index contributed by atoms with van der Waals surface area (Å²) < 4.78 is 22.7. The molecule has 2 rings (SSSR count). The lowest BCUT2D eigenvalue weighted by Crippen LogP contribution is -1.99. The van der Waals surface area contributed by atoms with E-state index < -0.39 is 9.84 Å². The normalized spacial score (nSPS) is 14.0. The first-order valence-electron chi connectivity index (χ1n) is 4.56. The molecule has 1 aliphatic rings. The van der Waals surface area contributed by atoms with Crippen LogP contribution in [-0.2, 0) is 16.3 Å². The number of benzene rings is 1. The zero-order valence-electron chi connectivity index (χ0n) is 8.70. The van der Waals surface area contributed by atoms with Gasteiger partial charge in [0.2, 0.25) is 0 Å². The molecule has 1 heterocycles. The maximum atomic E-state index is 11.4. The second kappa shape index (κ2) is 4.02. The second-order valence-corrected chi connectivity index (χ2v) is 5.74. The molecule has 84 valence electrons. The molecule has 5 heteroatoms. The van der Waals surface area contributed by atoms with E-state index in [4.69, 9.17) is 0 Å². The van der Waals surface area contributed by atoms with Gasteiger partial charge >= 0.3 is 0 Å². The highest BCUT2D eigenvalue weighted by molar-refractivity contribution is 7.90. The number of hydrogen-bond donors (Lipinski definition) is 1. The highest BCUT2D eigenvalue weighted by Crippen LogP contribution is 2.29. The van der Waals surface area contributed by atoms with Crippen LogP contribution in [0.15, 0.2) is 17.0 Å². The lowest BCUT2D eigenvalue weighted by molar-refractivity contribution is 0.601. The number of aryl methyl sites for hydroxylation is 1. The summed E-state index contributed by atoms with van der Waals surface area (Å²) in [6.45, 7) is 2.84. The Morgan fingerprint density at radius 1 is 1.33 bits per heavy atom. The van der Waals surface area contributed by atoms with Crippen molar-refractivity contribution in [3.05, 3.63) is 23.3 Å². The monoisotopic (exact) mass is 247 g/mol. The van der Waals surface area contributed by atoms with Gasteiger partial charge in [-0.2, -0.15) is 0 Å². The van der Waals surface area contributed by atoms with Crippen LogP contribution in [0.1, 0.15) is 11.1 Å². The summed E-state index contributed by atoms with van der Waals surface area (Å²) in [7, 11) is -3.07. The molecule has 0 aliphatic carbocycles. The summed E-state index contributed by atoms with van der Waals surface area (Å²) in [5.74, 6) is 0. The molecule has 0 saturated carbocycles. The van der Waals surface area contributed by atoms with Crippen molar-refractivity contribution in [1.82, 2.24) is 0 Å². The summed E-state index contributed by atoms with van der Waals surface area (Å²) in [6, 6.07) is 3.50. The van der Waals surface area contributed by atoms with Crippen molar-refractivity contribution in [3.63, 3.8) is 0 Å². The molecule has 0 fully saturated rings. The van der Waals surface area contributed by atoms with E-state index in [1.54, 1.807) is 12.1 Å². The lowest BCUT2D eigenvalue weighted by Gasteiger charge is -2.07. The van der Waals surface area contributed by atoms with Gasteiger partial charge in [-0.15, -0.1) is 12.4 Å². The smallest absolute Gasteiger partial charge is 0.175 e. The van der Waals surface area contributed by atoms with Crippen molar-refractivity contribution >= 4 is 27.9 Å². The number of halogens is 1. The van der Waals surface area contributed by atoms with Crippen LogP contribution < -0.4 is 5.32 Å². The molecular weight excluding hydrogens is 234 g/mol. The molecule has 1 aromatic carbocycles. The molecule has 15 heavy (non-hydrogen) atoms. The largest absolute Gasteiger partial charge is 0.384 e. The van der Waals surface area contributed by atoms with Gasteiger partial charge in [-0.3, -0.25) is 0 Å². The van der Waals surface area contributed by atoms with Gasteiger partial charge in [-0.25, -0.2) is 8.42 Å². The number of hydrogen-bond acceptors (Lipinski definition) is 3. The maximum Gasteiger partial charge on any atom is 0.175 e. The molecular formula is C10H14ClNO2S. The van der Waals surface area contributed by atoms with Crippen molar-refractivity contribution in [2.45, 2.75) is 18.2 Å². The molecule has 0 amide bonds. The minimum atomic E-state index is -3.07. The number of sulfone groups is 1. The number of nitrogens with one attached hydrogen (secondary N) is 1. The molecule has 0 spiro atoms. The van der Waals surface area contributed by atoms with Crippen LogP contribution in [0.4, 0.5) is 5.69 Å². The molecule has 0 unspecified atom stereocenters. The van der Waals surface area contributed by atoms with Crippen LogP contribution in [0.5, 0.6) is 0 Å². The molecule has 1 N–H and O–H groups in total. The fourth-order valence-electron chi connectivity index (χ4n) is 1.81. The standard InChI is InChI=1S/C10H13NO2S.ClH/c1-7-5-9(14(2,12)13)6-8-3-4-11-10(7)8;/h5-6,11H,3-4H2,1-2H3;1H. The van der Waals surface area contributed by atoms with Gasteiger partial charge in [-0.1, -0.05) is 0 Å². The van der Waals surface area contributed by atoms with Crippen LogP contribution in [0.3, 0.4) is 0 Å². The fraction of sp³-hybridized carbons (Fsp3) is 0.400. The van der Waals surface area contributed by atoms with Crippen LogP contribution in [0.2, 0.25) is 0 Å². The number of rotatable bonds is 1. The van der Waals surface area contributed by atoms with Crippen molar-refractivity contribution in [3.8, 4) is 0 Å². The Morgan fingerprint density at radius 3 is 2.60 bits per heavy atom. The third kappa shape index (κ3) is 2.26. The Hall–Kier alpha value is -0.740. The van der Waals surface area contributed by atoms with Crippen molar-refractivity contribution in [1.29, 1.82) is 0 Å². The van der Waals surface area contributed by atoms with Gasteiger partial charge in [-0.05, 0) is 36.6 Å². The third-order valence-corrected chi connectivity index (χ3v) is 3.61. The zero-order valence-corrected chi connectivity index (χ0v) is 10.3.